The topological polar surface area (TPSA) is 72.8 Å². The molecule has 1 aromatic rings. The third-order valence-corrected chi connectivity index (χ3v) is 3.21. The summed E-state index contributed by atoms with van der Waals surface area (Å²) in [5.74, 6) is -0.623. The van der Waals surface area contributed by atoms with E-state index >= 15 is 0 Å². The van der Waals surface area contributed by atoms with Crippen LogP contribution >= 0.6 is 11.6 Å². The van der Waals surface area contributed by atoms with Crippen molar-refractivity contribution < 1.29 is 19.4 Å². The van der Waals surface area contributed by atoms with Crippen LogP contribution in [0.1, 0.15) is 6.92 Å². The maximum atomic E-state index is 13.2. The Morgan fingerprint density at radius 1 is 1.45 bits per heavy atom. The average molecular weight is 305 g/mol. The zero-order valence-electron chi connectivity index (χ0n) is 11.4. The molecular weight excluding hydrogens is 287 g/mol. The van der Waals surface area contributed by atoms with Crippen molar-refractivity contribution in [1.82, 2.24) is 4.90 Å². The molecule has 0 unspecified atom stereocenters. The van der Waals surface area contributed by atoms with E-state index in [0.717, 1.165) is 6.07 Å². The average Bonchev–Trinajstić information content (AvgIpc) is 2.42. The number of rotatable bonds is 5. The Hall–Kier alpha value is -1.37. The molecule has 20 heavy (non-hydrogen) atoms. The van der Waals surface area contributed by atoms with Gasteiger partial charge in [-0.25, -0.2) is 9.18 Å². The van der Waals surface area contributed by atoms with Crippen molar-refractivity contribution in [2.24, 2.45) is 5.41 Å². The number of benzene rings is 1. The Morgan fingerprint density at radius 3 is 2.55 bits per heavy atom. The lowest BCUT2D eigenvalue weighted by Crippen LogP contribution is -2.43. The number of aliphatic hydroxyl groups excluding tert-OH is 2. The normalized spacial score (nSPS) is 11.3. The van der Waals surface area contributed by atoms with E-state index < -0.39 is 17.3 Å². The fourth-order valence-corrected chi connectivity index (χ4v) is 1.70. The van der Waals surface area contributed by atoms with Crippen molar-refractivity contribution in [1.29, 1.82) is 0 Å². The number of aliphatic hydroxyl groups is 2. The van der Waals surface area contributed by atoms with Crippen LogP contribution in [0.4, 0.5) is 14.9 Å². The molecule has 3 N–H and O–H groups in total. The summed E-state index contributed by atoms with van der Waals surface area (Å²) in [6.07, 6.45) is 0. The molecular formula is C13H18ClFN2O3. The van der Waals surface area contributed by atoms with Gasteiger partial charge in [0, 0.05) is 24.7 Å². The maximum absolute atomic E-state index is 13.2. The zero-order valence-corrected chi connectivity index (χ0v) is 12.1. The number of hydrogen-bond acceptors (Lipinski definition) is 3. The van der Waals surface area contributed by atoms with Crippen LogP contribution in [0, 0.1) is 11.2 Å². The van der Waals surface area contributed by atoms with Gasteiger partial charge in [0.05, 0.1) is 18.2 Å². The van der Waals surface area contributed by atoms with E-state index in [-0.39, 0.29) is 30.5 Å². The van der Waals surface area contributed by atoms with Crippen molar-refractivity contribution >= 4 is 23.3 Å². The van der Waals surface area contributed by atoms with E-state index in [1.165, 1.54) is 24.1 Å². The first-order valence-corrected chi connectivity index (χ1v) is 6.38. The van der Waals surface area contributed by atoms with Gasteiger partial charge in [0.25, 0.3) is 0 Å². The van der Waals surface area contributed by atoms with Crippen LogP contribution in [0.15, 0.2) is 18.2 Å². The Balaban J connectivity index is 2.68. The summed E-state index contributed by atoms with van der Waals surface area (Å²) >= 11 is 5.55. The van der Waals surface area contributed by atoms with Crippen LogP contribution in [-0.2, 0) is 0 Å². The van der Waals surface area contributed by atoms with Gasteiger partial charge in [-0.2, -0.15) is 0 Å². The molecule has 0 aliphatic carbocycles. The number of nitrogens with one attached hydrogen (secondary N) is 1. The Kier molecular flexibility index (Phi) is 5.74. The summed E-state index contributed by atoms with van der Waals surface area (Å²) in [6, 6.07) is 3.47. The van der Waals surface area contributed by atoms with Crippen LogP contribution in [-0.4, -0.2) is 48.0 Å². The lowest BCUT2D eigenvalue weighted by molar-refractivity contribution is 0.0509. The lowest BCUT2D eigenvalue weighted by atomic mass is 9.92. The van der Waals surface area contributed by atoms with E-state index in [2.05, 4.69) is 5.32 Å². The lowest BCUT2D eigenvalue weighted by Gasteiger charge is -2.30. The summed E-state index contributed by atoms with van der Waals surface area (Å²) in [5.41, 5.74) is -0.518. The molecule has 0 aliphatic heterocycles. The predicted molar refractivity (Wildman–Crippen MR) is 75.3 cm³/mol. The second-order valence-corrected chi connectivity index (χ2v) is 5.45. The second-order valence-electron chi connectivity index (χ2n) is 5.04. The van der Waals surface area contributed by atoms with Gasteiger partial charge >= 0.3 is 6.03 Å². The Labute approximate surface area is 122 Å². The number of nitrogens with zero attached hydrogens (tertiary/aromatic N) is 1. The SMILES string of the molecule is CN(CC(C)(CO)CO)C(=O)Nc1ccc(Cl)c(F)c1. The number of carbonyl (C=O) groups is 1. The Morgan fingerprint density at radius 2 is 2.05 bits per heavy atom. The number of anilines is 1. The number of carbonyl (C=O) groups excluding carboxylic acids is 1. The fourth-order valence-electron chi connectivity index (χ4n) is 1.59. The highest BCUT2D eigenvalue weighted by molar-refractivity contribution is 6.30. The van der Waals surface area contributed by atoms with E-state index in [1.54, 1.807) is 6.92 Å². The van der Waals surface area contributed by atoms with Gasteiger partial charge in [0.2, 0.25) is 0 Å². The maximum Gasteiger partial charge on any atom is 0.321 e. The van der Waals surface area contributed by atoms with Crippen molar-refractivity contribution in [3.8, 4) is 0 Å². The molecule has 0 aliphatic rings. The number of amides is 2. The van der Waals surface area contributed by atoms with Gasteiger partial charge in [-0.1, -0.05) is 18.5 Å². The first-order valence-electron chi connectivity index (χ1n) is 6.00. The van der Waals surface area contributed by atoms with Gasteiger partial charge in [-0.15, -0.1) is 0 Å². The molecule has 0 bridgehead atoms. The second kappa shape index (κ2) is 6.88. The molecule has 1 aromatic carbocycles. The highest BCUT2D eigenvalue weighted by Gasteiger charge is 2.26. The first-order chi connectivity index (χ1) is 9.31. The molecule has 5 nitrogen and oxygen atoms in total. The largest absolute Gasteiger partial charge is 0.396 e. The van der Waals surface area contributed by atoms with Gasteiger partial charge in [-0.05, 0) is 18.2 Å². The van der Waals surface area contributed by atoms with Crippen LogP contribution < -0.4 is 5.32 Å². The summed E-state index contributed by atoms with van der Waals surface area (Å²) in [4.78, 5) is 13.2. The van der Waals surface area contributed by atoms with Crippen molar-refractivity contribution in [2.75, 3.05) is 32.1 Å². The highest BCUT2D eigenvalue weighted by Crippen LogP contribution is 2.20. The molecule has 0 heterocycles. The fraction of sp³-hybridized carbons (Fsp3) is 0.462. The molecule has 0 radical (unpaired) electrons. The molecule has 0 spiro atoms. The molecule has 0 aromatic heterocycles. The zero-order chi connectivity index (χ0) is 15.3. The van der Waals surface area contributed by atoms with Crippen molar-refractivity contribution in [3.05, 3.63) is 29.0 Å². The minimum absolute atomic E-state index is 0.0236. The van der Waals surface area contributed by atoms with Crippen molar-refractivity contribution in [3.63, 3.8) is 0 Å². The third kappa shape index (κ3) is 4.33. The number of urea groups is 1. The van der Waals surface area contributed by atoms with Crippen LogP contribution in [0.5, 0.6) is 0 Å². The number of hydrogen-bond donors (Lipinski definition) is 3. The number of halogens is 2. The molecule has 0 saturated heterocycles. The molecule has 0 fully saturated rings. The van der Waals surface area contributed by atoms with Crippen LogP contribution in [0.3, 0.4) is 0 Å². The first kappa shape index (κ1) is 16.7. The van der Waals surface area contributed by atoms with Crippen LogP contribution in [0.25, 0.3) is 0 Å². The van der Waals surface area contributed by atoms with Gasteiger partial charge in [0.1, 0.15) is 5.82 Å². The third-order valence-electron chi connectivity index (χ3n) is 2.90. The Bertz CT molecular complexity index is 481. The molecule has 1 rings (SSSR count). The smallest absolute Gasteiger partial charge is 0.321 e. The molecule has 0 atom stereocenters. The van der Waals surface area contributed by atoms with E-state index in [0.29, 0.717) is 0 Å². The van der Waals surface area contributed by atoms with Gasteiger partial charge < -0.3 is 20.4 Å². The van der Waals surface area contributed by atoms with Crippen molar-refractivity contribution in [2.45, 2.75) is 6.92 Å². The molecule has 112 valence electrons. The highest BCUT2D eigenvalue weighted by atomic mass is 35.5. The summed E-state index contributed by atoms with van der Waals surface area (Å²) < 4.78 is 13.2. The molecule has 2 amide bonds. The molecule has 7 heteroatoms. The summed E-state index contributed by atoms with van der Waals surface area (Å²) in [6.45, 7) is 1.30. The monoisotopic (exact) mass is 304 g/mol. The van der Waals surface area contributed by atoms with E-state index in [4.69, 9.17) is 11.6 Å². The van der Waals surface area contributed by atoms with Crippen LogP contribution in [0.2, 0.25) is 5.02 Å². The quantitative estimate of drug-likeness (QED) is 0.778. The summed E-state index contributed by atoms with van der Waals surface area (Å²) in [5, 5.41) is 20.9. The van der Waals surface area contributed by atoms with E-state index in [1.807, 2.05) is 0 Å². The molecule has 0 saturated carbocycles. The standard InChI is InChI=1S/C13H18ClFN2O3/c1-13(7-18,8-19)6-17(2)12(20)16-9-3-4-10(14)11(15)5-9/h3-5,18-19H,6-8H2,1-2H3,(H,16,20). The van der Waals surface area contributed by atoms with E-state index in [9.17, 15) is 19.4 Å². The predicted octanol–water partition coefficient (Wildman–Crippen LogP) is 1.93. The minimum Gasteiger partial charge on any atom is -0.396 e. The van der Waals surface area contributed by atoms with Gasteiger partial charge in [-0.3, -0.25) is 0 Å². The minimum atomic E-state index is -0.794. The summed E-state index contributed by atoms with van der Waals surface area (Å²) in [7, 11) is 1.52. The van der Waals surface area contributed by atoms with Gasteiger partial charge in [0.15, 0.2) is 0 Å².